The first-order valence-electron chi connectivity index (χ1n) is 20.6. The van der Waals surface area contributed by atoms with E-state index in [2.05, 4.69) is 41.5 Å². The molecule has 0 bridgehead atoms. The van der Waals surface area contributed by atoms with Crippen molar-refractivity contribution in [2.24, 2.45) is 17.8 Å². The van der Waals surface area contributed by atoms with Gasteiger partial charge in [-0.15, -0.1) is 0 Å². The summed E-state index contributed by atoms with van der Waals surface area (Å²) in [6.45, 7) is 13.5. The van der Waals surface area contributed by atoms with E-state index >= 15 is 0 Å². The van der Waals surface area contributed by atoms with Gasteiger partial charge in [0.2, 0.25) is 0 Å². The molecule has 48 heavy (non-hydrogen) atoms. The maximum absolute atomic E-state index is 12.6. The van der Waals surface area contributed by atoms with Gasteiger partial charge in [0, 0.05) is 19.3 Å². The minimum absolute atomic E-state index is 0.0686. The van der Waals surface area contributed by atoms with Crippen LogP contribution in [0, 0.1) is 17.8 Å². The van der Waals surface area contributed by atoms with Gasteiger partial charge in [0.05, 0.1) is 0 Å². The highest BCUT2D eigenvalue weighted by Crippen LogP contribution is 2.16. The SMILES string of the molecule is CC(C)CCCCCCCCCCC(=O)O[C@H](COC(=O)CCCCCCCCCC(C)C)COC(=O)CCCCCCCCC(C)C. The van der Waals surface area contributed by atoms with Crippen LogP contribution in [0.1, 0.15) is 215 Å². The van der Waals surface area contributed by atoms with Crippen molar-refractivity contribution in [1.82, 2.24) is 0 Å². The zero-order valence-electron chi connectivity index (χ0n) is 32.8. The first-order chi connectivity index (χ1) is 23.1. The fourth-order valence-corrected chi connectivity index (χ4v) is 5.99. The summed E-state index contributed by atoms with van der Waals surface area (Å²) >= 11 is 0. The Balaban J connectivity index is 4.37. The van der Waals surface area contributed by atoms with Crippen LogP contribution in [0.3, 0.4) is 0 Å². The molecule has 6 nitrogen and oxygen atoms in total. The number of carbonyl (C=O) groups is 3. The summed E-state index contributed by atoms with van der Waals surface area (Å²) in [4.78, 5) is 37.5. The highest BCUT2D eigenvalue weighted by atomic mass is 16.6. The zero-order chi connectivity index (χ0) is 35.7. The van der Waals surface area contributed by atoms with Crippen LogP contribution in [0.5, 0.6) is 0 Å². The topological polar surface area (TPSA) is 78.9 Å². The summed E-state index contributed by atoms with van der Waals surface area (Å²) in [6.07, 6.45) is 28.3. The van der Waals surface area contributed by atoms with Crippen LogP contribution in [0.2, 0.25) is 0 Å². The number of unbranched alkanes of at least 4 members (excludes halogenated alkanes) is 18. The quantitative estimate of drug-likeness (QED) is 0.0376. The van der Waals surface area contributed by atoms with Crippen molar-refractivity contribution in [3.8, 4) is 0 Å². The van der Waals surface area contributed by atoms with Gasteiger partial charge >= 0.3 is 17.9 Å². The molecule has 0 aliphatic heterocycles. The van der Waals surface area contributed by atoms with E-state index in [1.165, 1.54) is 96.3 Å². The van der Waals surface area contributed by atoms with Crippen molar-refractivity contribution in [1.29, 1.82) is 0 Å². The van der Waals surface area contributed by atoms with Gasteiger partial charge in [0.15, 0.2) is 6.10 Å². The maximum atomic E-state index is 12.6. The van der Waals surface area contributed by atoms with E-state index in [-0.39, 0.29) is 31.1 Å². The Labute approximate surface area is 298 Å². The number of hydrogen-bond acceptors (Lipinski definition) is 6. The molecule has 0 aromatic heterocycles. The molecule has 0 saturated heterocycles. The van der Waals surface area contributed by atoms with Crippen molar-refractivity contribution >= 4 is 17.9 Å². The lowest BCUT2D eigenvalue weighted by molar-refractivity contribution is -0.167. The van der Waals surface area contributed by atoms with Crippen LogP contribution >= 0.6 is 0 Å². The number of ether oxygens (including phenoxy) is 3. The van der Waals surface area contributed by atoms with Crippen LogP contribution in [0.25, 0.3) is 0 Å². The lowest BCUT2D eigenvalue weighted by Gasteiger charge is -2.18. The lowest BCUT2D eigenvalue weighted by Crippen LogP contribution is -2.30. The van der Waals surface area contributed by atoms with E-state index in [0.29, 0.717) is 19.3 Å². The lowest BCUT2D eigenvalue weighted by atomic mass is 10.0. The number of hydrogen-bond donors (Lipinski definition) is 0. The third-order valence-corrected chi connectivity index (χ3v) is 9.15. The predicted octanol–water partition coefficient (Wildman–Crippen LogP) is 12.5. The summed E-state index contributed by atoms with van der Waals surface area (Å²) in [5.74, 6) is 1.46. The van der Waals surface area contributed by atoms with Gasteiger partial charge in [-0.3, -0.25) is 14.4 Å². The smallest absolute Gasteiger partial charge is 0.306 e. The van der Waals surface area contributed by atoms with Gasteiger partial charge in [-0.1, -0.05) is 176 Å². The fourth-order valence-electron chi connectivity index (χ4n) is 5.99. The molecule has 0 radical (unpaired) electrons. The van der Waals surface area contributed by atoms with Gasteiger partial charge < -0.3 is 14.2 Å². The Morgan fingerprint density at radius 2 is 0.604 bits per heavy atom. The van der Waals surface area contributed by atoms with Gasteiger partial charge in [-0.25, -0.2) is 0 Å². The molecular weight excluding hydrogens is 600 g/mol. The first-order valence-corrected chi connectivity index (χ1v) is 20.6. The summed E-state index contributed by atoms with van der Waals surface area (Å²) in [7, 11) is 0. The van der Waals surface area contributed by atoms with Crippen LogP contribution in [0.4, 0.5) is 0 Å². The molecule has 0 saturated carbocycles. The molecule has 0 heterocycles. The molecule has 6 heteroatoms. The van der Waals surface area contributed by atoms with Gasteiger partial charge in [0.25, 0.3) is 0 Å². The number of esters is 3. The maximum Gasteiger partial charge on any atom is 0.306 e. The fraction of sp³-hybridized carbons (Fsp3) is 0.929. The van der Waals surface area contributed by atoms with Crippen LogP contribution < -0.4 is 0 Å². The molecule has 0 aliphatic rings. The van der Waals surface area contributed by atoms with E-state index in [1.54, 1.807) is 0 Å². The van der Waals surface area contributed by atoms with Crippen LogP contribution in [-0.4, -0.2) is 37.2 Å². The molecule has 0 spiro atoms. The third kappa shape index (κ3) is 35.7. The van der Waals surface area contributed by atoms with Gasteiger partial charge in [-0.05, 0) is 37.0 Å². The predicted molar refractivity (Wildman–Crippen MR) is 201 cm³/mol. The average molecular weight is 681 g/mol. The molecule has 284 valence electrons. The molecule has 0 fully saturated rings. The second kappa shape index (κ2) is 33.9. The minimum Gasteiger partial charge on any atom is -0.462 e. The first kappa shape index (κ1) is 46.4. The van der Waals surface area contributed by atoms with Crippen LogP contribution in [-0.2, 0) is 28.6 Å². The second-order valence-corrected chi connectivity index (χ2v) is 15.7. The second-order valence-electron chi connectivity index (χ2n) is 15.7. The van der Waals surface area contributed by atoms with E-state index < -0.39 is 6.10 Å². The number of carbonyl (C=O) groups excluding carboxylic acids is 3. The Bertz CT molecular complexity index is 746. The Morgan fingerprint density at radius 3 is 0.896 bits per heavy atom. The Morgan fingerprint density at radius 1 is 0.354 bits per heavy atom. The van der Waals surface area contributed by atoms with Crippen molar-refractivity contribution < 1.29 is 28.6 Å². The van der Waals surface area contributed by atoms with Crippen LogP contribution in [0.15, 0.2) is 0 Å². The average Bonchev–Trinajstić information content (AvgIpc) is 3.03. The van der Waals surface area contributed by atoms with Gasteiger partial charge in [-0.2, -0.15) is 0 Å². The van der Waals surface area contributed by atoms with E-state index in [0.717, 1.165) is 75.5 Å². The summed E-state index contributed by atoms with van der Waals surface area (Å²) < 4.78 is 16.6. The van der Waals surface area contributed by atoms with Crippen molar-refractivity contribution in [3.63, 3.8) is 0 Å². The molecule has 0 amide bonds. The van der Waals surface area contributed by atoms with E-state index in [4.69, 9.17) is 14.2 Å². The summed E-state index contributed by atoms with van der Waals surface area (Å²) in [5.41, 5.74) is 0. The summed E-state index contributed by atoms with van der Waals surface area (Å²) in [6, 6.07) is 0. The number of rotatable bonds is 35. The molecule has 0 N–H and O–H groups in total. The van der Waals surface area contributed by atoms with Crippen molar-refractivity contribution in [2.75, 3.05) is 13.2 Å². The molecule has 1 atom stereocenters. The summed E-state index contributed by atoms with van der Waals surface area (Å²) in [5, 5.41) is 0. The highest BCUT2D eigenvalue weighted by molar-refractivity contribution is 5.71. The highest BCUT2D eigenvalue weighted by Gasteiger charge is 2.19. The molecular formula is C42H80O6. The van der Waals surface area contributed by atoms with E-state index in [9.17, 15) is 14.4 Å². The third-order valence-electron chi connectivity index (χ3n) is 9.15. The van der Waals surface area contributed by atoms with Crippen molar-refractivity contribution in [2.45, 2.75) is 221 Å². The normalized spacial score (nSPS) is 12.2. The Hall–Kier alpha value is -1.59. The standard InChI is InChI=1S/C42H80O6/c1-36(2)28-22-16-10-7-8-12-21-27-33-42(45)48-39(35-47-41(44)32-26-20-15-14-18-24-30-38(5)6)34-46-40(43)31-25-19-13-9-11-17-23-29-37(3)4/h36-39H,7-35H2,1-6H3/t39-/m1/s1. The minimum atomic E-state index is -0.761. The molecule has 0 aliphatic carbocycles. The zero-order valence-corrected chi connectivity index (χ0v) is 32.8. The molecule has 0 rings (SSSR count). The molecule has 0 aromatic rings. The molecule has 0 aromatic carbocycles. The largest absolute Gasteiger partial charge is 0.462 e. The molecule has 0 unspecified atom stereocenters. The van der Waals surface area contributed by atoms with Crippen molar-refractivity contribution in [3.05, 3.63) is 0 Å². The van der Waals surface area contributed by atoms with E-state index in [1.807, 2.05) is 0 Å². The van der Waals surface area contributed by atoms with Gasteiger partial charge in [0.1, 0.15) is 13.2 Å². The monoisotopic (exact) mass is 681 g/mol. The Kier molecular flexibility index (Phi) is 32.8.